The number of thioether (sulfide) groups is 1. The highest BCUT2D eigenvalue weighted by Crippen LogP contribution is 2.16. The van der Waals surface area contributed by atoms with Gasteiger partial charge in [-0.2, -0.15) is 11.8 Å². The lowest BCUT2D eigenvalue weighted by molar-refractivity contribution is -0.139. The van der Waals surface area contributed by atoms with Crippen LogP contribution in [0.25, 0.3) is 0 Å². The molecule has 1 aromatic rings. The molecule has 21 heavy (non-hydrogen) atoms. The zero-order chi connectivity index (χ0) is 15.8. The second kappa shape index (κ2) is 8.89. The van der Waals surface area contributed by atoms with Crippen molar-refractivity contribution in [3.63, 3.8) is 0 Å². The summed E-state index contributed by atoms with van der Waals surface area (Å²) in [5.41, 5.74) is 0.703. The molecule has 0 spiro atoms. The third-order valence-electron chi connectivity index (χ3n) is 2.65. The normalized spacial score (nSPS) is 11.8. The monoisotopic (exact) mass is 378 g/mol. The summed E-state index contributed by atoms with van der Waals surface area (Å²) in [6.45, 7) is 0.180. The molecule has 3 N–H and O–H groups in total. The van der Waals surface area contributed by atoms with E-state index in [9.17, 15) is 14.0 Å². The maximum absolute atomic E-state index is 13.1. The molecule has 0 saturated heterocycles. The zero-order valence-electron chi connectivity index (χ0n) is 11.4. The third kappa shape index (κ3) is 6.34. The van der Waals surface area contributed by atoms with Crippen LogP contribution in [-0.2, 0) is 11.3 Å². The number of urea groups is 1. The Kier molecular flexibility index (Phi) is 7.52. The zero-order valence-corrected chi connectivity index (χ0v) is 13.8. The van der Waals surface area contributed by atoms with Gasteiger partial charge in [0.05, 0.1) is 4.47 Å². The van der Waals surface area contributed by atoms with Crippen molar-refractivity contribution in [3.05, 3.63) is 34.1 Å². The van der Waals surface area contributed by atoms with Gasteiger partial charge in [-0.15, -0.1) is 0 Å². The first-order valence-electron chi connectivity index (χ1n) is 6.14. The third-order valence-corrected chi connectivity index (χ3v) is 3.90. The molecular weight excluding hydrogens is 363 g/mol. The van der Waals surface area contributed by atoms with Crippen molar-refractivity contribution in [3.8, 4) is 0 Å². The minimum Gasteiger partial charge on any atom is -0.480 e. The lowest BCUT2D eigenvalue weighted by Gasteiger charge is -2.14. The molecule has 0 aromatic heterocycles. The highest BCUT2D eigenvalue weighted by Gasteiger charge is 2.19. The van der Waals surface area contributed by atoms with E-state index >= 15 is 0 Å². The number of rotatable bonds is 7. The van der Waals surface area contributed by atoms with Crippen molar-refractivity contribution in [2.24, 2.45) is 0 Å². The van der Waals surface area contributed by atoms with Gasteiger partial charge in [-0.25, -0.2) is 14.0 Å². The summed E-state index contributed by atoms with van der Waals surface area (Å²) in [5, 5.41) is 13.9. The van der Waals surface area contributed by atoms with Gasteiger partial charge in [0.25, 0.3) is 0 Å². The highest BCUT2D eigenvalue weighted by molar-refractivity contribution is 9.10. The fraction of sp³-hybridized carbons (Fsp3) is 0.385. The molecule has 8 heteroatoms. The summed E-state index contributed by atoms with van der Waals surface area (Å²) in [6.07, 6.45) is 2.22. The van der Waals surface area contributed by atoms with Crippen LogP contribution in [0.4, 0.5) is 9.18 Å². The standard InChI is InChI=1S/C13H16BrFN2O3S/c1-21-5-4-11(12(18)19)17-13(20)16-7-8-2-3-10(15)9(14)6-8/h2-3,6,11H,4-5,7H2,1H3,(H,18,19)(H2,16,17,20). The van der Waals surface area contributed by atoms with E-state index in [0.717, 1.165) is 0 Å². The summed E-state index contributed by atoms with van der Waals surface area (Å²) >= 11 is 4.57. The number of benzene rings is 1. The summed E-state index contributed by atoms with van der Waals surface area (Å²) in [6, 6.07) is 2.90. The Balaban J connectivity index is 2.48. The van der Waals surface area contributed by atoms with Crippen molar-refractivity contribution >= 4 is 39.7 Å². The second-order valence-corrected chi connectivity index (χ2v) is 6.09. The average Bonchev–Trinajstić information content (AvgIpc) is 2.44. The number of hydrogen-bond acceptors (Lipinski definition) is 3. The summed E-state index contributed by atoms with van der Waals surface area (Å²) in [4.78, 5) is 22.7. The van der Waals surface area contributed by atoms with Crippen LogP contribution >= 0.6 is 27.7 Å². The molecule has 0 radical (unpaired) electrons. The van der Waals surface area contributed by atoms with Gasteiger partial charge in [-0.1, -0.05) is 6.07 Å². The lowest BCUT2D eigenvalue weighted by atomic mass is 10.2. The Morgan fingerprint density at radius 3 is 2.76 bits per heavy atom. The van der Waals surface area contributed by atoms with E-state index in [1.54, 1.807) is 12.1 Å². The van der Waals surface area contributed by atoms with Crippen LogP contribution in [-0.4, -0.2) is 35.2 Å². The Labute approximate surface area is 134 Å². The molecule has 0 fully saturated rings. The fourth-order valence-corrected chi connectivity index (χ4v) is 2.43. The molecule has 1 aromatic carbocycles. The minimum atomic E-state index is -1.07. The van der Waals surface area contributed by atoms with E-state index < -0.39 is 18.0 Å². The van der Waals surface area contributed by atoms with Crippen LogP contribution in [0.2, 0.25) is 0 Å². The van der Waals surface area contributed by atoms with Gasteiger partial charge in [0, 0.05) is 6.54 Å². The summed E-state index contributed by atoms with van der Waals surface area (Å²) in [7, 11) is 0. The van der Waals surface area contributed by atoms with Crippen LogP contribution in [0.1, 0.15) is 12.0 Å². The first-order valence-corrected chi connectivity index (χ1v) is 8.32. The molecule has 0 bridgehead atoms. The molecule has 0 aliphatic heterocycles. The number of carbonyl (C=O) groups is 2. The molecule has 0 aliphatic carbocycles. The van der Waals surface area contributed by atoms with Crippen molar-refractivity contribution in [2.75, 3.05) is 12.0 Å². The maximum Gasteiger partial charge on any atom is 0.326 e. The van der Waals surface area contributed by atoms with Crippen LogP contribution in [0.15, 0.2) is 22.7 Å². The van der Waals surface area contributed by atoms with Gasteiger partial charge in [-0.05, 0) is 52.1 Å². The first kappa shape index (κ1) is 17.8. The summed E-state index contributed by atoms with van der Waals surface area (Å²) < 4.78 is 13.4. The smallest absolute Gasteiger partial charge is 0.326 e. The molecule has 0 heterocycles. The lowest BCUT2D eigenvalue weighted by Crippen LogP contribution is -2.46. The van der Waals surface area contributed by atoms with Crippen LogP contribution in [0.5, 0.6) is 0 Å². The van der Waals surface area contributed by atoms with Crippen molar-refractivity contribution in [2.45, 2.75) is 19.0 Å². The molecule has 1 rings (SSSR count). The molecule has 1 unspecified atom stereocenters. The predicted molar refractivity (Wildman–Crippen MR) is 83.9 cm³/mol. The number of amides is 2. The van der Waals surface area contributed by atoms with E-state index in [-0.39, 0.29) is 12.4 Å². The van der Waals surface area contributed by atoms with Crippen LogP contribution < -0.4 is 10.6 Å². The number of aliphatic carboxylic acids is 1. The Morgan fingerprint density at radius 1 is 1.48 bits per heavy atom. The number of carboxylic acid groups (broad SMARTS) is 1. The van der Waals surface area contributed by atoms with E-state index in [1.807, 2.05) is 6.26 Å². The van der Waals surface area contributed by atoms with Gasteiger partial charge in [0.15, 0.2) is 0 Å². The Bertz CT molecular complexity index is 516. The van der Waals surface area contributed by atoms with Gasteiger partial charge in [0.1, 0.15) is 11.9 Å². The number of carboxylic acids is 1. The molecular formula is C13H16BrFN2O3S. The number of carbonyl (C=O) groups excluding carboxylic acids is 1. The topological polar surface area (TPSA) is 78.4 Å². The SMILES string of the molecule is CSCCC(NC(=O)NCc1ccc(F)c(Br)c1)C(=O)O. The molecule has 2 amide bonds. The van der Waals surface area contributed by atoms with Crippen LogP contribution in [0, 0.1) is 5.82 Å². The average molecular weight is 379 g/mol. The quantitative estimate of drug-likeness (QED) is 0.681. The molecule has 1 atom stereocenters. The number of halogens is 2. The maximum atomic E-state index is 13.1. The van der Waals surface area contributed by atoms with Crippen LogP contribution in [0.3, 0.4) is 0 Å². The highest BCUT2D eigenvalue weighted by atomic mass is 79.9. The van der Waals surface area contributed by atoms with Gasteiger partial charge >= 0.3 is 12.0 Å². The largest absolute Gasteiger partial charge is 0.480 e. The van der Waals surface area contributed by atoms with Gasteiger partial charge in [-0.3, -0.25) is 0 Å². The Morgan fingerprint density at radius 2 is 2.19 bits per heavy atom. The van der Waals surface area contributed by atoms with E-state index in [0.29, 0.717) is 22.2 Å². The van der Waals surface area contributed by atoms with E-state index in [2.05, 4.69) is 26.6 Å². The van der Waals surface area contributed by atoms with Crippen molar-refractivity contribution in [1.29, 1.82) is 0 Å². The molecule has 116 valence electrons. The number of hydrogen-bond donors (Lipinski definition) is 3. The summed E-state index contributed by atoms with van der Waals surface area (Å²) in [5.74, 6) is -0.808. The fourth-order valence-electron chi connectivity index (χ4n) is 1.53. The van der Waals surface area contributed by atoms with Crippen molar-refractivity contribution < 1.29 is 19.1 Å². The van der Waals surface area contributed by atoms with Gasteiger partial charge < -0.3 is 15.7 Å². The predicted octanol–water partition coefficient (Wildman–Crippen LogP) is 2.59. The second-order valence-electron chi connectivity index (χ2n) is 4.25. The Hall–Kier alpha value is -1.28. The number of nitrogens with one attached hydrogen (secondary N) is 2. The van der Waals surface area contributed by atoms with E-state index in [1.165, 1.54) is 17.8 Å². The van der Waals surface area contributed by atoms with E-state index in [4.69, 9.17) is 5.11 Å². The molecule has 5 nitrogen and oxygen atoms in total. The van der Waals surface area contributed by atoms with Gasteiger partial charge in [0.2, 0.25) is 0 Å². The van der Waals surface area contributed by atoms with Crippen molar-refractivity contribution in [1.82, 2.24) is 10.6 Å². The minimum absolute atomic E-state index is 0.180. The molecule has 0 aliphatic rings. The first-order chi connectivity index (χ1) is 9.93. The molecule has 0 saturated carbocycles.